The normalized spacial score (nSPS) is 10.6. The van der Waals surface area contributed by atoms with Crippen LogP contribution in [0.15, 0.2) is 23.8 Å². The van der Waals surface area contributed by atoms with E-state index < -0.39 is 10.8 Å². The van der Waals surface area contributed by atoms with Gasteiger partial charge in [-0.1, -0.05) is 6.07 Å². The maximum Gasteiger partial charge on any atom is 0.311 e. The molecule has 0 aliphatic rings. The molecule has 0 spiro atoms. The molecule has 0 saturated carbocycles. The molecule has 0 aromatic heterocycles. The van der Waals surface area contributed by atoms with Gasteiger partial charge in [0.05, 0.1) is 12.0 Å². The van der Waals surface area contributed by atoms with Crippen molar-refractivity contribution in [2.75, 3.05) is 21.2 Å². The highest BCUT2D eigenvalue weighted by Gasteiger charge is 2.16. The Balaban J connectivity index is 3.28. The number of nitriles is 1. The maximum absolute atomic E-state index is 11.7. The number of amides is 1. The molecule has 0 fully saturated rings. The first-order chi connectivity index (χ1) is 9.40. The number of hydrogen-bond acceptors (Lipinski definition) is 5. The molecule has 1 rings (SSSR count). The van der Waals surface area contributed by atoms with Gasteiger partial charge in [0.15, 0.2) is 5.75 Å². The van der Waals surface area contributed by atoms with E-state index in [1.165, 1.54) is 50.4 Å². The molecule has 0 saturated heterocycles. The van der Waals surface area contributed by atoms with E-state index in [1.807, 2.05) is 0 Å². The molecule has 1 amide bonds. The van der Waals surface area contributed by atoms with Crippen molar-refractivity contribution in [1.82, 2.24) is 4.90 Å². The van der Waals surface area contributed by atoms with Crippen molar-refractivity contribution < 1.29 is 14.5 Å². The fourth-order valence-corrected chi connectivity index (χ4v) is 1.49. The lowest BCUT2D eigenvalue weighted by Crippen LogP contribution is -2.22. The molecule has 0 radical (unpaired) electrons. The molecule has 0 N–H and O–H groups in total. The van der Waals surface area contributed by atoms with Crippen LogP contribution in [0, 0.1) is 21.4 Å². The van der Waals surface area contributed by atoms with Crippen molar-refractivity contribution in [2.24, 2.45) is 0 Å². The molecule has 0 atom stereocenters. The molecular weight excluding hydrogens is 262 g/mol. The van der Waals surface area contributed by atoms with Gasteiger partial charge in [-0.05, 0) is 17.7 Å². The van der Waals surface area contributed by atoms with E-state index in [-0.39, 0.29) is 17.0 Å². The topological polar surface area (TPSA) is 96.5 Å². The molecule has 0 bridgehead atoms. The first-order valence-electron chi connectivity index (χ1n) is 5.56. The highest BCUT2D eigenvalue weighted by Crippen LogP contribution is 2.28. The number of benzene rings is 1. The van der Waals surface area contributed by atoms with Gasteiger partial charge in [0.1, 0.15) is 11.6 Å². The summed E-state index contributed by atoms with van der Waals surface area (Å²) >= 11 is 0. The van der Waals surface area contributed by atoms with E-state index in [4.69, 9.17) is 10.00 Å². The summed E-state index contributed by atoms with van der Waals surface area (Å²) in [6.45, 7) is 0. The molecular formula is C13H13N3O4. The van der Waals surface area contributed by atoms with Crippen LogP contribution in [0.3, 0.4) is 0 Å². The molecule has 20 heavy (non-hydrogen) atoms. The predicted octanol–water partition coefficient (Wildman–Crippen LogP) is 1.60. The summed E-state index contributed by atoms with van der Waals surface area (Å²) in [7, 11) is 4.36. The zero-order chi connectivity index (χ0) is 15.3. The minimum absolute atomic E-state index is 0.102. The van der Waals surface area contributed by atoms with Crippen molar-refractivity contribution in [3.8, 4) is 11.8 Å². The Morgan fingerprint density at radius 2 is 2.15 bits per heavy atom. The van der Waals surface area contributed by atoms with Crippen LogP contribution in [0.4, 0.5) is 5.69 Å². The Bertz CT molecular complexity index is 615. The van der Waals surface area contributed by atoms with Gasteiger partial charge >= 0.3 is 5.69 Å². The van der Waals surface area contributed by atoms with Crippen LogP contribution in [0.5, 0.6) is 5.75 Å². The summed E-state index contributed by atoms with van der Waals surface area (Å²) in [5, 5.41) is 19.9. The number of carbonyl (C=O) groups is 1. The number of rotatable bonds is 4. The molecule has 7 nitrogen and oxygen atoms in total. The first kappa shape index (κ1) is 15.2. The van der Waals surface area contributed by atoms with Crippen LogP contribution < -0.4 is 4.74 Å². The minimum Gasteiger partial charge on any atom is -0.490 e. The van der Waals surface area contributed by atoms with Gasteiger partial charge in [0.25, 0.3) is 5.91 Å². The minimum atomic E-state index is -0.587. The smallest absolute Gasteiger partial charge is 0.311 e. The highest BCUT2D eigenvalue weighted by molar-refractivity contribution is 6.01. The van der Waals surface area contributed by atoms with Crippen molar-refractivity contribution in [3.63, 3.8) is 0 Å². The Labute approximate surface area is 115 Å². The number of nitro benzene ring substituents is 1. The third kappa shape index (κ3) is 3.32. The highest BCUT2D eigenvalue weighted by atomic mass is 16.6. The van der Waals surface area contributed by atoms with Gasteiger partial charge in [0, 0.05) is 20.2 Å². The van der Waals surface area contributed by atoms with Gasteiger partial charge in [-0.15, -0.1) is 0 Å². The SMILES string of the molecule is COc1ccc(C=C(C#N)C(=O)N(C)C)cc1[N+](=O)[O-]. The Hall–Kier alpha value is -2.88. The van der Waals surface area contributed by atoms with Gasteiger partial charge < -0.3 is 9.64 Å². The standard InChI is InChI=1S/C13H13N3O4/c1-15(2)13(17)10(8-14)6-9-4-5-12(20-3)11(7-9)16(18)19/h4-7H,1-3H3. The van der Waals surface area contributed by atoms with E-state index in [0.29, 0.717) is 5.56 Å². The quantitative estimate of drug-likeness (QED) is 0.360. The molecule has 0 aliphatic heterocycles. The van der Waals surface area contributed by atoms with E-state index in [1.54, 1.807) is 6.07 Å². The number of nitro groups is 1. The van der Waals surface area contributed by atoms with Crippen molar-refractivity contribution in [3.05, 3.63) is 39.4 Å². The van der Waals surface area contributed by atoms with E-state index >= 15 is 0 Å². The fourth-order valence-electron chi connectivity index (χ4n) is 1.49. The lowest BCUT2D eigenvalue weighted by atomic mass is 10.1. The van der Waals surface area contributed by atoms with E-state index in [9.17, 15) is 14.9 Å². The van der Waals surface area contributed by atoms with Crippen LogP contribution in [-0.2, 0) is 4.79 Å². The Morgan fingerprint density at radius 3 is 2.60 bits per heavy atom. The lowest BCUT2D eigenvalue weighted by molar-refractivity contribution is -0.385. The number of likely N-dealkylation sites (N-methyl/N-ethyl adjacent to an activating group) is 1. The molecule has 0 unspecified atom stereocenters. The van der Waals surface area contributed by atoms with Crippen LogP contribution in [0.2, 0.25) is 0 Å². The zero-order valence-electron chi connectivity index (χ0n) is 11.3. The summed E-state index contributed by atoms with van der Waals surface area (Å²) in [5.74, 6) is -0.351. The van der Waals surface area contributed by atoms with Crippen LogP contribution in [-0.4, -0.2) is 36.9 Å². The van der Waals surface area contributed by atoms with Gasteiger partial charge in [0.2, 0.25) is 0 Å². The average Bonchev–Trinajstić information content (AvgIpc) is 2.43. The van der Waals surface area contributed by atoms with Crippen molar-refractivity contribution in [2.45, 2.75) is 0 Å². The number of ether oxygens (including phenoxy) is 1. The third-order valence-electron chi connectivity index (χ3n) is 2.47. The molecule has 7 heteroatoms. The fraction of sp³-hybridized carbons (Fsp3) is 0.231. The molecule has 104 valence electrons. The average molecular weight is 275 g/mol. The molecule has 0 aliphatic carbocycles. The monoisotopic (exact) mass is 275 g/mol. The third-order valence-corrected chi connectivity index (χ3v) is 2.47. The predicted molar refractivity (Wildman–Crippen MR) is 71.9 cm³/mol. The van der Waals surface area contributed by atoms with Gasteiger partial charge in [-0.2, -0.15) is 5.26 Å². The number of carbonyl (C=O) groups excluding carboxylic acids is 1. The summed E-state index contributed by atoms with van der Waals surface area (Å²) in [5.41, 5.74) is 0.0505. The number of methoxy groups -OCH3 is 1. The van der Waals surface area contributed by atoms with Crippen molar-refractivity contribution in [1.29, 1.82) is 5.26 Å². The van der Waals surface area contributed by atoms with Crippen LogP contribution in [0.25, 0.3) is 6.08 Å². The van der Waals surface area contributed by atoms with Gasteiger partial charge in [-0.25, -0.2) is 0 Å². The maximum atomic E-state index is 11.7. The summed E-state index contributed by atoms with van der Waals surface area (Å²) in [6, 6.07) is 5.98. The molecule has 1 aromatic rings. The zero-order valence-corrected chi connectivity index (χ0v) is 11.3. The van der Waals surface area contributed by atoms with Crippen LogP contribution in [0.1, 0.15) is 5.56 Å². The van der Waals surface area contributed by atoms with E-state index in [2.05, 4.69) is 0 Å². The number of nitrogens with zero attached hydrogens (tertiary/aromatic N) is 3. The molecule has 1 aromatic carbocycles. The molecule has 0 heterocycles. The first-order valence-corrected chi connectivity index (χ1v) is 5.56. The van der Waals surface area contributed by atoms with Gasteiger partial charge in [-0.3, -0.25) is 14.9 Å². The number of hydrogen-bond donors (Lipinski definition) is 0. The van der Waals surface area contributed by atoms with Crippen LogP contribution >= 0.6 is 0 Å². The second kappa shape index (κ2) is 6.33. The Morgan fingerprint density at radius 1 is 1.50 bits per heavy atom. The van der Waals surface area contributed by atoms with E-state index in [0.717, 1.165) is 0 Å². The van der Waals surface area contributed by atoms with Crippen molar-refractivity contribution >= 4 is 17.7 Å². The summed E-state index contributed by atoms with van der Waals surface area (Å²) < 4.78 is 4.88. The lowest BCUT2D eigenvalue weighted by Gasteiger charge is -2.08. The summed E-state index contributed by atoms with van der Waals surface area (Å²) in [4.78, 5) is 23.3. The Kier molecular flexibility index (Phi) is 4.81. The second-order valence-corrected chi connectivity index (χ2v) is 4.06. The second-order valence-electron chi connectivity index (χ2n) is 4.06. The largest absolute Gasteiger partial charge is 0.490 e. The summed E-state index contributed by atoms with van der Waals surface area (Å²) in [6.07, 6.45) is 1.30.